The Hall–Kier alpha value is -2.67. The third kappa shape index (κ3) is 5.16. The summed E-state index contributed by atoms with van der Waals surface area (Å²) in [5, 5.41) is 6.02. The molecule has 1 aromatic carbocycles. The first-order valence-electron chi connectivity index (χ1n) is 8.86. The lowest BCUT2D eigenvalue weighted by Crippen LogP contribution is -2.32. The second kappa shape index (κ2) is 8.62. The normalized spacial score (nSPS) is 16.5. The van der Waals surface area contributed by atoms with E-state index in [0.29, 0.717) is 18.1 Å². The van der Waals surface area contributed by atoms with Gasteiger partial charge < -0.3 is 20.1 Å². The summed E-state index contributed by atoms with van der Waals surface area (Å²) < 4.78 is 11.1. The van der Waals surface area contributed by atoms with Crippen LogP contribution in [0.2, 0.25) is 0 Å². The number of aromatic nitrogens is 2. The maximum atomic E-state index is 12.3. The molecule has 2 heterocycles. The molecule has 1 aliphatic heterocycles. The highest BCUT2D eigenvalue weighted by atomic mass is 16.5. The molecule has 7 nitrogen and oxygen atoms in total. The molecule has 1 aromatic heterocycles. The Morgan fingerprint density at radius 2 is 2.12 bits per heavy atom. The van der Waals surface area contributed by atoms with Crippen LogP contribution in [0.5, 0.6) is 5.75 Å². The van der Waals surface area contributed by atoms with Crippen LogP contribution >= 0.6 is 0 Å². The molecule has 0 saturated carbocycles. The molecule has 1 unspecified atom stereocenters. The van der Waals surface area contributed by atoms with Crippen LogP contribution < -0.4 is 15.4 Å². The molecule has 26 heavy (non-hydrogen) atoms. The van der Waals surface area contributed by atoms with Crippen molar-refractivity contribution in [3.05, 3.63) is 42.4 Å². The van der Waals surface area contributed by atoms with Gasteiger partial charge in [-0.1, -0.05) is 0 Å². The number of carbonyl (C=O) groups excluding carboxylic acids is 1. The number of benzene rings is 1. The first-order valence-corrected chi connectivity index (χ1v) is 8.86. The van der Waals surface area contributed by atoms with Crippen LogP contribution in [-0.4, -0.2) is 41.2 Å². The van der Waals surface area contributed by atoms with Crippen molar-refractivity contribution in [1.29, 1.82) is 0 Å². The van der Waals surface area contributed by atoms with E-state index in [1.807, 2.05) is 38.1 Å². The van der Waals surface area contributed by atoms with Crippen molar-refractivity contribution in [2.24, 2.45) is 0 Å². The SMILES string of the molecule is CC(C)Oc1ccc(Nc2cc(C(=O)NCC3CCCO3)ncn2)cc1. The summed E-state index contributed by atoms with van der Waals surface area (Å²) in [5.41, 5.74) is 1.17. The van der Waals surface area contributed by atoms with Crippen molar-refractivity contribution in [3.63, 3.8) is 0 Å². The third-order valence-electron chi connectivity index (χ3n) is 3.91. The van der Waals surface area contributed by atoms with Crippen LogP contribution in [0.1, 0.15) is 37.2 Å². The zero-order chi connectivity index (χ0) is 18.4. The molecular formula is C19H24N4O3. The molecule has 1 atom stereocenters. The molecule has 1 fully saturated rings. The molecule has 1 amide bonds. The molecule has 0 bridgehead atoms. The van der Waals surface area contributed by atoms with Gasteiger partial charge in [0.05, 0.1) is 12.2 Å². The number of nitrogens with zero attached hydrogens (tertiary/aromatic N) is 2. The fourth-order valence-electron chi connectivity index (χ4n) is 2.69. The highest BCUT2D eigenvalue weighted by Crippen LogP contribution is 2.20. The lowest BCUT2D eigenvalue weighted by Gasteiger charge is -2.12. The lowest BCUT2D eigenvalue weighted by molar-refractivity contribution is 0.0853. The van der Waals surface area contributed by atoms with Crippen LogP contribution in [0.15, 0.2) is 36.7 Å². The van der Waals surface area contributed by atoms with Crippen molar-refractivity contribution < 1.29 is 14.3 Å². The zero-order valence-electron chi connectivity index (χ0n) is 15.1. The highest BCUT2D eigenvalue weighted by Gasteiger charge is 2.17. The fourth-order valence-corrected chi connectivity index (χ4v) is 2.69. The van der Waals surface area contributed by atoms with E-state index < -0.39 is 0 Å². The van der Waals surface area contributed by atoms with Gasteiger partial charge in [0.1, 0.15) is 23.6 Å². The fraction of sp³-hybridized carbons (Fsp3) is 0.421. The molecule has 1 aliphatic rings. The van der Waals surface area contributed by atoms with Gasteiger partial charge in [0.2, 0.25) is 0 Å². The monoisotopic (exact) mass is 356 g/mol. The minimum Gasteiger partial charge on any atom is -0.491 e. The number of ether oxygens (including phenoxy) is 2. The molecule has 7 heteroatoms. The molecule has 0 aliphatic carbocycles. The number of rotatable bonds is 7. The van der Waals surface area contributed by atoms with Gasteiger partial charge in [0, 0.05) is 24.9 Å². The van der Waals surface area contributed by atoms with Crippen LogP contribution in [-0.2, 0) is 4.74 Å². The van der Waals surface area contributed by atoms with Gasteiger partial charge in [0.25, 0.3) is 5.91 Å². The summed E-state index contributed by atoms with van der Waals surface area (Å²) in [6.07, 6.45) is 3.63. The number of hydrogen-bond donors (Lipinski definition) is 2. The van der Waals surface area contributed by atoms with Crippen molar-refractivity contribution in [2.45, 2.75) is 38.9 Å². The Morgan fingerprint density at radius 3 is 2.81 bits per heavy atom. The maximum Gasteiger partial charge on any atom is 0.270 e. The second-order valence-electron chi connectivity index (χ2n) is 6.45. The highest BCUT2D eigenvalue weighted by molar-refractivity contribution is 5.93. The molecule has 3 rings (SSSR count). The van der Waals surface area contributed by atoms with Crippen LogP contribution in [0, 0.1) is 0 Å². The Kier molecular flexibility index (Phi) is 6.01. The molecule has 0 radical (unpaired) electrons. The quantitative estimate of drug-likeness (QED) is 0.793. The van der Waals surface area contributed by atoms with E-state index in [0.717, 1.165) is 30.9 Å². The standard InChI is InChI=1S/C19H24N4O3/c1-13(2)26-15-7-5-14(6-8-15)23-18-10-17(21-12-22-18)19(24)20-11-16-4-3-9-25-16/h5-8,10,12-13,16H,3-4,9,11H2,1-2H3,(H,20,24)(H,21,22,23). The van der Waals surface area contributed by atoms with Gasteiger partial charge >= 0.3 is 0 Å². The van der Waals surface area contributed by atoms with E-state index >= 15 is 0 Å². The van der Waals surface area contributed by atoms with Crippen molar-refractivity contribution in [3.8, 4) is 5.75 Å². The molecular weight excluding hydrogens is 332 g/mol. The summed E-state index contributed by atoms with van der Waals surface area (Å²) in [7, 11) is 0. The first-order chi connectivity index (χ1) is 12.6. The Balaban J connectivity index is 1.58. The third-order valence-corrected chi connectivity index (χ3v) is 3.91. The number of amides is 1. The van der Waals surface area contributed by atoms with Crippen molar-refractivity contribution in [2.75, 3.05) is 18.5 Å². The van der Waals surface area contributed by atoms with E-state index in [4.69, 9.17) is 9.47 Å². The summed E-state index contributed by atoms with van der Waals surface area (Å²) >= 11 is 0. The molecule has 138 valence electrons. The Morgan fingerprint density at radius 1 is 1.31 bits per heavy atom. The average molecular weight is 356 g/mol. The number of carbonyl (C=O) groups is 1. The van der Waals surface area contributed by atoms with E-state index in [1.165, 1.54) is 6.33 Å². The van der Waals surface area contributed by atoms with Gasteiger partial charge in [-0.05, 0) is 51.0 Å². The number of anilines is 2. The van der Waals surface area contributed by atoms with Crippen molar-refractivity contribution in [1.82, 2.24) is 15.3 Å². The van der Waals surface area contributed by atoms with Gasteiger partial charge in [-0.25, -0.2) is 9.97 Å². The minimum absolute atomic E-state index is 0.102. The van der Waals surface area contributed by atoms with Crippen LogP contribution in [0.3, 0.4) is 0 Å². The van der Waals surface area contributed by atoms with Crippen LogP contribution in [0.4, 0.5) is 11.5 Å². The average Bonchev–Trinajstić information content (AvgIpc) is 3.15. The molecule has 2 aromatic rings. The lowest BCUT2D eigenvalue weighted by atomic mass is 10.2. The summed E-state index contributed by atoms with van der Waals surface area (Å²) in [6.45, 7) is 5.24. The van der Waals surface area contributed by atoms with E-state index in [9.17, 15) is 4.79 Å². The number of hydrogen-bond acceptors (Lipinski definition) is 6. The largest absolute Gasteiger partial charge is 0.491 e. The summed E-state index contributed by atoms with van der Waals surface area (Å²) in [4.78, 5) is 20.5. The van der Waals surface area contributed by atoms with Crippen molar-refractivity contribution >= 4 is 17.4 Å². The summed E-state index contributed by atoms with van der Waals surface area (Å²) in [5.74, 6) is 1.13. The smallest absolute Gasteiger partial charge is 0.270 e. The minimum atomic E-state index is -0.230. The number of nitrogens with one attached hydrogen (secondary N) is 2. The second-order valence-corrected chi connectivity index (χ2v) is 6.45. The topological polar surface area (TPSA) is 85.4 Å². The van der Waals surface area contributed by atoms with E-state index in [1.54, 1.807) is 6.07 Å². The van der Waals surface area contributed by atoms with Gasteiger partial charge in [0.15, 0.2) is 0 Å². The predicted molar refractivity (Wildman–Crippen MR) is 98.8 cm³/mol. The molecule has 1 saturated heterocycles. The van der Waals surface area contributed by atoms with Gasteiger partial charge in [-0.3, -0.25) is 4.79 Å². The van der Waals surface area contributed by atoms with E-state index in [-0.39, 0.29) is 18.1 Å². The van der Waals surface area contributed by atoms with Crippen LogP contribution in [0.25, 0.3) is 0 Å². The Bertz CT molecular complexity index is 728. The van der Waals surface area contributed by atoms with E-state index in [2.05, 4.69) is 20.6 Å². The maximum absolute atomic E-state index is 12.3. The first kappa shape index (κ1) is 18.1. The molecule has 2 N–H and O–H groups in total. The Labute approximate surface area is 153 Å². The van der Waals surface area contributed by atoms with Gasteiger partial charge in [-0.2, -0.15) is 0 Å². The zero-order valence-corrected chi connectivity index (χ0v) is 15.1. The summed E-state index contributed by atoms with van der Waals surface area (Å²) in [6, 6.07) is 9.20. The molecule has 0 spiro atoms. The van der Waals surface area contributed by atoms with Gasteiger partial charge in [-0.15, -0.1) is 0 Å². The predicted octanol–water partition coefficient (Wildman–Crippen LogP) is 2.92.